The highest BCUT2D eigenvalue weighted by Crippen LogP contribution is 2.47. The topological polar surface area (TPSA) is 132 Å². The molecule has 9 nitrogen and oxygen atoms in total. The fourth-order valence-corrected chi connectivity index (χ4v) is 4.17. The van der Waals surface area contributed by atoms with E-state index >= 15 is 0 Å². The van der Waals surface area contributed by atoms with Crippen molar-refractivity contribution in [3.8, 4) is 22.5 Å². The number of aromatic amines is 3. The van der Waals surface area contributed by atoms with Gasteiger partial charge >= 0.3 is 5.69 Å². The summed E-state index contributed by atoms with van der Waals surface area (Å²) in [5.41, 5.74) is 6.04. The van der Waals surface area contributed by atoms with E-state index in [1.165, 1.54) is 0 Å². The van der Waals surface area contributed by atoms with E-state index < -0.39 is 11.6 Å². The highest BCUT2D eigenvalue weighted by atomic mass is 16.2. The third kappa shape index (κ3) is 2.67. The first-order valence-electron chi connectivity index (χ1n) is 9.67. The van der Waals surface area contributed by atoms with Gasteiger partial charge in [-0.1, -0.05) is 42.5 Å². The Hall–Kier alpha value is -4.53. The molecule has 3 aromatic heterocycles. The number of hydrogen-bond acceptors (Lipinski definition) is 5. The van der Waals surface area contributed by atoms with Crippen molar-refractivity contribution in [2.24, 2.45) is 0 Å². The molecule has 0 bridgehead atoms. The van der Waals surface area contributed by atoms with Crippen molar-refractivity contribution >= 4 is 16.9 Å². The van der Waals surface area contributed by atoms with Crippen LogP contribution in [0.15, 0.2) is 65.7 Å². The first-order chi connectivity index (χ1) is 15.2. The maximum absolute atomic E-state index is 12.7. The number of nitrogens with one attached hydrogen (secondary N) is 4. The number of rotatable bonds is 3. The number of aromatic nitrogens is 6. The number of imidazole rings is 1. The molecule has 0 saturated carbocycles. The molecule has 0 radical (unpaired) electrons. The number of carbonyl (C=O) groups is 1. The standard InChI is InChI=1S/C22H15N7O2/c30-21(20-27-22(31)29-28-20)26-18-12-5-2-1-4-11(12)17-13(18)6-3-7-14(17)19-24-15-8-9-23-10-16(15)25-19/h1-10,18H,(H,24,25)(H,26,30)(H2,27,28,29,31). The van der Waals surface area contributed by atoms with E-state index in [2.05, 4.69) is 30.5 Å². The van der Waals surface area contributed by atoms with Gasteiger partial charge in [0.25, 0.3) is 5.91 Å². The minimum Gasteiger partial charge on any atom is -0.338 e. The lowest BCUT2D eigenvalue weighted by atomic mass is 9.99. The second kappa shape index (κ2) is 6.49. The average Bonchev–Trinajstić information content (AvgIpc) is 3.50. The maximum atomic E-state index is 12.7. The van der Waals surface area contributed by atoms with Gasteiger partial charge in [0, 0.05) is 11.8 Å². The van der Waals surface area contributed by atoms with Crippen molar-refractivity contribution in [1.82, 2.24) is 35.5 Å². The van der Waals surface area contributed by atoms with Gasteiger partial charge in [0.05, 0.1) is 23.3 Å². The Morgan fingerprint density at radius 1 is 0.968 bits per heavy atom. The predicted molar refractivity (Wildman–Crippen MR) is 113 cm³/mol. The Labute approximate surface area is 174 Å². The van der Waals surface area contributed by atoms with E-state index in [1.807, 2.05) is 48.5 Å². The summed E-state index contributed by atoms with van der Waals surface area (Å²) in [5, 5.41) is 8.94. The number of benzene rings is 2. The Morgan fingerprint density at radius 2 is 1.81 bits per heavy atom. The second-order valence-electron chi connectivity index (χ2n) is 7.27. The van der Waals surface area contributed by atoms with Gasteiger partial charge < -0.3 is 10.3 Å². The first-order valence-corrected chi connectivity index (χ1v) is 9.67. The number of carbonyl (C=O) groups excluding carboxylic acids is 1. The summed E-state index contributed by atoms with van der Waals surface area (Å²) in [6, 6.07) is 15.3. The van der Waals surface area contributed by atoms with Crippen LogP contribution >= 0.6 is 0 Å². The van der Waals surface area contributed by atoms with E-state index in [9.17, 15) is 9.59 Å². The molecule has 0 fully saturated rings. The zero-order valence-corrected chi connectivity index (χ0v) is 16.0. The summed E-state index contributed by atoms with van der Waals surface area (Å²) >= 11 is 0. The minimum atomic E-state index is -0.529. The largest absolute Gasteiger partial charge is 0.341 e. The molecular formula is C22H15N7O2. The van der Waals surface area contributed by atoms with Gasteiger partial charge in [0.1, 0.15) is 5.82 Å². The highest BCUT2D eigenvalue weighted by molar-refractivity contribution is 5.95. The van der Waals surface area contributed by atoms with Crippen LogP contribution in [0.4, 0.5) is 0 Å². The quantitative estimate of drug-likeness (QED) is 0.364. The van der Waals surface area contributed by atoms with E-state index in [0.717, 1.165) is 44.7 Å². The second-order valence-corrected chi connectivity index (χ2v) is 7.27. The summed E-state index contributed by atoms with van der Waals surface area (Å²) in [5.74, 6) is 0.210. The minimum absolute atomic E-state index is 0.0585. The van der Waals surface area contributed by atoms with Crippen LogP contribution < -0.4 is 11.0 Å². The third-order valence-corrected chi connectivity index (χ3v) is 5.48. The fourth-order valence-electron chi connectivity index (χ4n) is 4.17. The molecule has 6 rings (SSSR count). The molecule has 150 valence electrons. The maximum Gasteiger partial charge on any atom is 0.341 e. The third-order valence-electron chi connectivity index (χ3n) is 5.48. The summed E-state index contributed by atoms with van der Waals surface area (Å²) in [4.78, 5) is 38.7. The Bertz CT molecular complexity index is 1500. The van der Waals surface area contributed by atoms with E-state index in [4.69, 9.17) is 4.98 Å². The van der Waals surface area contributed by atoms with Gasteiger partial charge in [-0.25, -0.2) is 14.9 Å². The molecule has 1 aliphatic rings. The van der Waals surface area contributed by atoms with E-state index in [0.29, 0.717) is 0 Å². The molecule has 1 aliphatic carbocycles. The summed E-state index contributed by atoms with van der Waals surface area (Å²) < 4.78 is 0. The normalized spacial score (nSPS) is 14.4. The van der Waals surface area contributed by atoms with Crippen LogP contribution in [0.25, 0.3) is 33.5 Å². The SMILES string of the molecule is O=C(NC1c2ccccc2-c2c(-c3nc4ccncc4[nH]3)cccc21)c1n[nH]c(=O)[nH]1. The smallest absolute Gasteiger partial charge is 0.338 e. The summed E-state index contributed by atoms with van der Waals surface area (Å²) in [6.45, 7) is 0. The number of nitrogens with zero attached hydrogens (tertiary/aromatic N) is 3. The van der Waals surface area contributed by atoms with Crippen LogP contribution in [0, 0.1) is 0 Å². The zero-order valence-electron chi connectivity index (χ0n) is 16.0. The Kier molecular flexibility index (Phi) is 3.63. The molecule has 3 heterocycles. The lowest BCUT2D eigenvalue weighted by molar-refractivity contribution is 0.0933. The summed E-state index contributed by atoms with van der Waals surface area (Å²) in [6.07, 6.45) is 3.46. The van der Waals surface area contributed by atoms with Crippen molar-refractivity contribution in [1.29, 1.82) is 0 Å². The number of hydrogen-bond donors (Lipinski definition) is 4. The van der Waals surface area contributed by atoms with Crippen LogP contribution in [-0.2, 0) is 0 Å². The summed E-state index contributed by atoms with van der Waals surface area (Å²) in [7, 11) is 0. The zero-order chi connectivity index (χ0) is 20.9. The molecule has 1 amide bonds. The highest BCUT2D eigenvalue weighted by Gasteiger charge is 2.32. The van der Waals surface area contributed by atoms with Crippen molar-refractivity contribution < 1.29 is 4.79 Å². The van der Waals surface area contributed by atoms with Gasteiger partial charge in [-0.15, -0.1) is 5.10 Å². The molecule has 1 unspecified atom stereocenters. The van der Waals surface area contributed by atoms with Crippen LogP contribution in [0.3, 0.4) is 0 Å². The van der Waals surface area contributed by atoms with E-state index in [-0.39, 0.29) is 11.9 Å². The van der Waals surface area contributed by atoms with Crippen molar-refractivity contribution in [2.45, 2.75) is 6.04 Å². The molecule has 0 spiro atoms. The number of amides is 1. The number of H-pyrrole nitrogens is 3. The molecule has 5 aromatic rings. The lowest BCUT2D eigenvalue weighted by Gasteiger charge is -2.15. The van der Waals surface area contributed by atoms with Crippen molar-refractivity contribution in [3.63, 3.8) is 0 Å². The van der Waals surface area contributed by atoms with Crippen LogP contribution in [0.5, 0.6) is 0 Å². The monoisotopic (exact) mass is 409 g/mol. The average molecular weight is 409 g/mol. The van der Waals surface area contributed by atoms with Crippen molar-refractivity contribution in [2.75, 3.05) is 0 Å². The fraction of sp³-hybridized carbons (Fsp3) is 0.0455. The first kappa shape index (κ1) is 17.3. The van der Waals surface area contributed by atoms with Gasteiger partial charge in [-0.05, 0) is 28.3 Å². The molecule has 1 atom stereocenters. The lowest BCUT2D eigenvalue weighted by Crippen LogP contribution is -2.29. The molecule has 31 heavy (non-hydrogen) atoms. The van der Waals surface area contributed by atoms with Gasteiger partial charge in [0.15, 0.2) is 0 Å². The molecule has 0 saturated heterocycles. The van der Waals surface area contributed by atoms with Crippen LogP contribution in [0.2, 0.25) is 0 Å². The van der Waals surface area contributed by atoms with E-state index in [1.54, 1.807) is 12.4 Å². The van der Waals surface area contributed by atoms with Gasteiger partial charge in [-0.2, -0.15) is 0 Å². The Balaban J connectivity index is 1.50. The van der Waals surface area contributed by atoms with Gasteiger partial charge in [-0.3, -0.25) is 14.8 Å². The predicted octanol–water partition coefficient (Wildman–Crippen LogP) is 2.54. The molecule has 0 aliphatic heterocycles. The number of pyridine rings is 1. The number of fused-ring (bicyclic) bond motifs is 4. The van der Waals surface area contributed by atoms with Crippen LogP contribution in [-0.4, -0.2) is 36.0 Å². The molecular weight excluding hydrogens is 394 g/mol. The molecule has 4 N–H and O–H groups in total. The molecule has 9 heteroatoms. The molecule has 2 aromatic carbocycles. The Morgan fingerprint density at radius 3 is 2.65 bits per heavy atom. The van der Waals surface area contributed by atoms with Gasteiger partial charge in [0.2, 0.25) is 5.82 Å². The van der Waals surface area contributed by atoms with Crippen molar-refractivity contribution in [3.05, 3.63) is 88.4 Å². The van der Waals surface area contributed by atoms with Crippen LogP contribution in [0.1, 0.15) is 27.8 Å².